The summed E-state index contributed by atoms with van der Waals surface area (Å²) in [6, 6.07) is 3.77. The highest BCUT2D eigenvalue weighted by atomic mass is 35.5. The number of ether oxygens (including phenoxy) is 1. The molecule has 2 rings (SSSR count). The van der Waals surface area contributed by atoms with E-state index in [4.69, 9.17) is 22.1 Å². The van der Waals surface area contributed by atoms with Gasteiger partial charge in [0.2, 0.25) is 5.91 Å². The molecule has 7 heteroatoms. The summed E-state index contributed by atoms with van der Waals surface area (Å²) in [6.45, 7) is 0.156. The molecule has 3 unspecified atom stereocenters. The van der Waals surface area contributed by atoms with Gasteiger partial charge in [0.15, 0.2) is 0 Å². The van der Waals surface area contributed by atoms with Crippen molar-refractivity contribution >= 4 is 29.9 Å². The lowest BCUT2D eigenvalue weighted by molar-refractivity contribution is -0.123. The Labute approximate surface area is 128 Å². The van der Waals surface area contributed by atoms with Crippen molar-refractivity contribution in [2.24, 2.45) is 5.73 Å². The van der Waals surface area contributed by atoms with Gasteiger partial charge in [0, 0.05) is 29.7 Å². The van der Waals surface area contributed by atoms with Gasteiger partial charge in [-0.25, -0.2) is 4.39 Å². The number of carbonyl (C=O) groups excluding carboxylic acids is 1. The quantitative estimate of drug-likeness (QED) is 0.869. The number of methoxy groups -OCH3 is 1. The first kappa shape index (κ1) is 17.2. The molecule has 0 bridgehead atoms. The van der Waals surface area contributed by atoms with E-state index in [9.17, 15) is 9.18 Å². The molecule has 1 saturated carbocycles. The van der Waals surface area contributed by atoms with Crippen molar-refractivity contribution in [1.29, 1.82) is 0 Å². The summed E-state index contributed by atoms with van der Waals surface area (Å²) in [5.74, 6) is -0.704. The van der Waals surface area contributed by atoms with Gasteiger partial charge in [-0.05, 0) is 18.6 Å². The molecule has 0 aromatic heterocycles. The van der Waals surface area contributed by atoms with Crippen molar-refractivity contribution in [2.75, 3.05) is 13.7 Å². The van der Waals surface area contributed by atoms with E-state index >= 15 is 0 Å². The maximum absolute atomic E-state index is 13.7. The maximum Gasteiger partial charge on any atom is 0.239 e. The summed E-state index contributed by atoms with van der Waals surface area (Å²) in [7, 11) is 1.48. The number of nitrogens with one attached hydrogen (secondary N) is 1. The third-order valence-electron chi connectivity index (χ3n) is 3.17. The summed E-state index contributed by atoms with van der Waals surface area (Å²) in [5, 5.41) is 3.16. The van der Waals surface area contributed by atoms with Crippen LogP contribution in [0.5, 0.6) is 0 Å². The summed E-state index contributed by atoms with van der Waals surface area (Å²) in [5.41, 5.74) is 6.08. The SMILES string of the molecule is COCC(N)C(=O)NC1CC1c1c(F)cccc1Cl.Cl. The molecule has 1 aliphatic rings. The van der Waals surface area contributed by atoms with Crippen molar-refractivity contribution in [2.45, 2.75) is 24.4 Å². The van der Waals surface area contributed by atoms with Gasteiger partial charge in [-0.1, -0.05) is 17.7 Å². The van der Waals surface area contributed by atoms with E-state index in [2.05, 4.69) is 5.32 Å². The fourth-order valence-electron chi connectivity index (χ4n) is 2.08. The van der Waals surface area contributed by atoms with Crippen LogP contribution in [-0.2, 0) is 9.53 Å². The second-order valence-corrected chi connectivity index (χ2v) is 5.06. The second-order valence-electron chi connectivity index (χ2n) is 4.65. The first-order valence-corrected chi connectivity index (χ1v) is 6.41. The van der Waals surface area contributed by atoms with E-state index in [0.717, 1.165) is 0 Å². The van der Waals surface area contributed by atoms with Crippen LogP contribution in [0.4, 0.5) is 4.39 Å². The van der Waals surface area contributed by atoms with Crippen LogP contribution < -0.4 is 11.1 Å². The number of hydrogen-bond donors (Lipinski definition) is 2. The van der Waals surface area contributed by atoms with E-state index in [-0.39, 0.29) is 42.7 Å². The molecule has 0 radical (unpaired) electrons. The molecule has 1 aromatic carbocycles. The minimum Gasteiger partial charge on any atom is -0.383 e. The average molecular weight is 323 g/mol. The monoisotopic (exact) mass is 322 g/mol. The standard InChI is InChI=1S/C13H16ClFN2O2.ClH/c1-19-6-10(16)13(18)17-11-5-7(11)12-8(14)3-2-4-9(12)15;/h2-4,7,10-11H,5-6,16H2,1H3,(H,17,18);1H. The summed E-state index contributed by atoms with van der Waals surface area (Å²) in [6.07, 6.45) is 0.673. The third kappa shape index (κ3) is 3.82. The number of amides is 1. The number of nitrogens with two attached hydrogens (primary N) is 1. The van der Waals surface area contributed by atoms with Gasteiger partial charge in [0.1, 0.15) is 11.9 Å². The molecule has 3 atom stereocenters. The Kier molecular flexibility index (Phi) is 6.20. The van der Waals surface area contributed by atoms with E-state index in [0.29, 0.717) is 17.0 Å². The zero-order valence-corrected chi connectivity index (χ0v) is 12.5. The molecular weight excluding hydrogens is 306 g/mol. The highest BCUT2D eigenvalue weighted by Gasteiger charge is 2.42. The van der Waals surface area contributed by atoms with Crippen LogP contribution in [0.1, 0.15) is 17.9 Å². The number of benzene rings is 1. The molecule has 1 fully saturated rings. The Bertz CT molecular complexity index is 467. The lowest BCUT2D eigenvalue weighted by Gasteiger charge is -2.11. The number of rotatable bonds is 5. The fourth-order valence-corrected chi connectivity index (χ4v) is 2.39. The van der Waals surface area contributed by atoms with Crippen molar-refractivity contribution in [3.05, 3.63) is 34.6 Å². The van der Waals surface area contributed by atoms with Crippen LogP contribution in [0.3, 0.4) is 0 Å². The molecule has 1 aromatic rings. The number of carbonyl (C=O) groups is 1. The van der Waals surface area contributed by atoms with Crippen LogP contribution in [0.15, 0.2) is 18.2 Å². The van der Waals surface area contributed by atoms with Gasteiger partial charge < -0.3 is 15.8 Å². The summed E-state index contributed by atoms with van der Waals surface area (Å²) >= 11 is 5.98. The molecule has 20 heavy (non-hydrogen) atoms. The van der Waals surface area contributed by atoms with Crippen LogP contribution in [0.2, 0.25) is 5.02 Å². The predicted octanol–water partition coefficient (Wildman–Crippen LogP) is 1.85. The van der Waals surface area contributed by atoms with Crippen molar-refractivity contribution in [1.82, 2.24) is 5.32 Å². The largest absolute Gasteiger partial charge is 0.383 e. The molecule has 4 nitrogen and oxygen atoms in total. The molecule has 0 spiro atoms. The van der Waals surface area contributed by atoms with E-state index < -0.39 is 6.04 Å². The van der Waals surface area contributed by atoms with Gasteiger partial charge in [0.25, 0.3) is 0 Å². The number of halogens is 3. The van der Waals surface area contributed by atoms with Crippen LogP contribution >= 0.6 is 24.0 Å². The van der Waals surface area contributed by atoms with Gasteiger partial charge in [-0.2, -0.15) is 0 Å². The predicted molar refractivity (Wildman–Crippen MR) is 77.8 cm³/mol. The van der Waals surface area contributed by atoms with Crippen LogP contribution in [0, 0.1) is 5.82 Å². The van der Waals surface area contributed by atoms with Crippen molar-refractivity contribution in [3.63, 3.8) is 0 Å². The average Bonchev–Trinajstić information content (AvgIpc) is 3.08. The lowest BCUT2D eigenvalue weighted by Crippen LogP contribution is -2.44. The molecule has 1 aliphatic carbocycles. The highest BCUT2D eigenvalue weighted by Crippen LogP contribution is 2.44. The second kappa shape index (κ2) is 7.22. The summed E-state index contributed by atoms with van der Waals surface area (Å²) in [4.78, 5) is 11.7. The van der Waals surface area contributed by atoms with E-state index in [1.807, 2.05) is 0 Å². The van der Waals surface area contributed by atoms with Gasteiger partial charge in [0.05, 0.1) is 6.61 Å². The summed E-state index contributed by atoms with van der Waals surface area (Å²) < 4.78 is 18.5. The minimum atomic E-state index is -0.706. The molecule has 112 valence electrons. The molecule has 0 aliphatic heterocycles. The third-order valence-corrected chi connectivity index (χ3v) is 3.50. The first-order chi connectivity index (χ1) is 9.04. The fraction of sp³-hybridized carbons (Fsp3) is 0.462. The number of hydrogen-bond acceptors (Lipinski definition) is 3. The van der Waals surface area contributed by atoms with Gasteiger partial charge in [-0.15, -0.1) is 12.4 Å². The highest BCUT2D eigenvalue weighted by molar-refractivity contribution is 6.31. The normalized spacial score (nSPS) is 21.8. The smallest absolute Gasteiger partial charge is 0.239 e. The van der Waals surface area contributed by atoms with Crippen molar-refractivity contribution < 1.29 is 13.9 Å². The van der Waals surface area contributed by atoms with Gasteiger partial charge >= 0.3 is 0 Å². The Morgan fingerprint density at radius 1 is 1.65 bits per heavy atom. The first-order valence-electron chi connectivity index (χ1n) is 6.03. The lowest BCUT2D eigenvalue weighted by atomic mass is 10.1. The van der Waals surface area contributed by atoms with Gasteiger partial charge in [-0.3, -0.25) is 4.79 Å². The van der Waals surface area contributed by atoms with E-state index in [1.54, 1.807) is 12.1 Å². The molecule has 3 N–H and O–H groups in total. The minimum absolute atomic E-state index is 0. The Hall–Kier alpha value is -0.880. The zero-order chi connectivity index (χ0) is 14.0. The Morgan fingerprint density at radius 3 is 2.95 bits per heavy atom. The Balaban J connectivity index is 0.00000200. The molecule has 1 amide bonds. The molecule has 0 saturated heterocycles. The molecular formula is C13H17Cl2FN2O2. The van der Waals surface area contributed by atoms with Crippen LogP contribution in [-0.4, -0.2) is 31.7 Å². The van der Waals surface area contributed by atoms with E-state index in [1.165, 1.54) is 13.2 Å². The van der Waals surface area contributed by atoms with Crippen LogP contribution in [0.25, 0.3) is 0 Å². The topological polar surface area (TPSA) is 64.3 Å². The van der Waals surface area contributed by atoms with Crippen molar-refractivity contribution in [3.8, 4) is 0 Å². The molecule has 0 heterocycles. The Morgan fingerprint density at radius 2 is 2.35 bits per heavy atom. The zero-order valence-electron chi connectivity index (χ0n) is 10.9. The maximum atomic E-state index is 13.7.